The van der Waals surface area contributed by atoms with Crippen LogP contribution < -0.4 is 9.44 Å². The van der Waals surface area contributed by atoms with Gasteiger partial charge in [0.1, 0.15) is 6.04 Å². The Labute approximate surface area is 108 Å². The predicted octanol–water partition coefficient (Wildman–Crippen LogP) is 0.852. The van der Waals surface area contributed by atoms with E-state index in [2.05, 4.69) is 9.44 Å². The van der Waals surface area contributed by atoms with Crippen LogP contribution in [0.25, 0.3) is 0 Å². The summed E-state index contributed by atoms with van der Waals surface area (Å²) in [5, 5.41) is 8.99. The largest absolute Gasteiger partial charge is 0.480 e. The first kappa shape index (κ1) is 15.4. The second-order valence-corrected chi connectivity index (χ2v) is 6.72. The lowest BCUT2D eigenvalue weighted by atomic mass is 10.1. The molecule has 0 saturated heterocycles. The van der Waals surface area contributed by atoms with Crippen molar-refractivity contribution in [3.8, 4) is 0 Å². The van der Waals surface area contributed by atoms with Crippen LogP contribution in [0.2, 0.25) is 0 Å². The monoisotopic (exact) mass is 278 g/mol. The van der Waals surface area contributed by atoms with Gasteiger partial charge in [-0.1, -0.05) is 26.7 Å². The van der Waals surface area contributed by atoms with Crippen LogP contribution in [0.15, 0.2) is 0 Å². The van der Waals surface area contributed by atoms with Gasteiger partial charge in [0.05, 0.1) is 0 Å². The van der Waals surface area contributed by atoms with Gasteiger partial charge in [-0.05, 0) is 25.2 Å². The lowest BCUT2D eigenvalue weighted by Crippen LogP contribution is -2.49. The quantitative estimate of drug-likeness (QED) is 0.643. The molecule has 0 aromatic heterocycles. The molecule has 3 N–H and O–H groups in total. The topological polar surface area (TPSA) is 95.5 Å². The zero-order chi connectivity index (χ0) is 13.8. The first-order chi connectivity index (χ1) is 8.30. The summed E-state index contributed by atoms with van der Waals surface area (Å²) in [5.41, 5.74) is 0. The van der Waals surface area contributed by atoms with Gasteiger partial charge in [0, 0.05) is 6.04 Å². The molecule has 18 heavy (non-hydrogen) atoms. The van der Waals surface area contributed by atoms with Crippen LogP contribution in [-0.4, -0.2) is 31.6 Å². The minimum absolute atomic E-state index is 0.0593. The van der Waals surface area contributed by atoms with Crippen LogP contribution in [0.1, 0.15) is 46.0 Å². The average molecular weight is 278 g/mol. The second kappa shape index (κ2) is 6.49. The van der Waals surface area contributed by atoms with Crippen molar-refractivity contribution >= 4 is 16.2 Å². The summed E-state index contributed by atoms with van der Waals surface area (Å²) in [7, 11) is -3.74. The Kier molecular flexibility index (Phi) is 5.55. The highest BCUT2D eigenvalue weighted by atomic mass is 32.2. The molecule has 0 amide bonds. The molecule has 0 bridgehead atoms. The molecule has 0 aromatic carbocycles. The van der Waals surface area contributed by atoms with Crippen molar-refractivity contribution in [2.45, 2.75) is 58.0 Å². The van der Waals surface area contributed by atoms with E-state index in [1.165, 1.54) is 0 Å². The summed E-state index contributed by atoms with van der Waals surface area (Å²) in [5.74, 6) is -1.03. The molecule has 1 saturated carbocycles. The van der Waals surface area contributed by atoms with Crippen molar-refractivity contribution in [2.24, 2.45) is 5.92 Å². The number of hydrogen-bond donors (Lipinski definition) is 3. The summed E-state index contributed by atoms with van der Waals surface area (Å²) in [6, 6.07) is -1.13. The Hall–Kier alpha value is -0.660. The van der Waals surface area contributed by atoms with E-state index in [0.717, 1.165) is 25.7 Å². The minimum Gasteiger partial charge on any atom is -0.480 e. The van der Waals surface area contributed by atoms with E-state index in [9.17, 15) is 13.2 Å². The van der Waals surface area contributed by atoms with Crippen molar-refractivity contribution in [3.05, 3.63) is 0 Å². The van der Waals surface area contributed by atoms with Gasteiger partial charge in [-0.15, -0.1) is 0 Å². The van der Waals surface area contributed by atoms with Crippen molar-refractivity contribution < 1.29 is 18.3 Å². The summed E-state index contributed by atoms with van der Waals surface area (Å²) >= 11 is 0. The molecular weight excluding hydrogens is 256 g/mol. The molecule has 1 rings (SSSR count). The van der Waals surface area contributed by atoms with Gasteiger partial charge in [0.15, 0.2) is 0 Å². The maximum Gasteiger partial charge on any atom is 0.321 e. The number of nitrogens with one attached hydrogen (secondary N) is 2. The minimum atomic E-state index is -3.74. The van der Waals surface area contributed by atoms with E-state index in [1.54, 1.807) is 0 Å². The summed E-state index contributed by atoms with van der Waals surface area (Å²) in [6.45, 7) is 3.71. The Morgan fingerprint density at radius 3 is 2.33 bits per heavy atom. The lowest BCUT2D eigenvalue weighted by molar-refractivity contribution is -0.139. The molecule has 1 atom stereocenters. The van der Waals surface area contributed by atoms with Crippen molar-refractivity contribution in [2.75, 3.05) is 0 Å². The molecule has 0 unspecified atom stereocenters. The van der Waals surface area contributed by atoms with E-state index >= 15 is 0 Å². The van der Waals surface area contributed by atoms with Gasteiger partial charge in [-0.3, -0.25) is 4.79 Å². The highest BCUT2D eigenvalue weighted by molar-refractivity contribution is 7.87. The van der Waals surface area contributed by atoms with Crippen LogP contribution >= 0.6 is 0 Å². The Balaban J connectivity index is 2.57. The maximum absolute atomic E-state index is 11.8. The number of rotatable bonds is 7. The predicted molar refractivity (Wildman–Crippen MR) is 68.3 cm³/mol. The normalized spacial score (nSPS) is 19.3. The molecule has 0 radical (unpaired) electrons. The SMILES string of the molecule is CC(C)C[C@H](NS(=O)(=O)NC1CCCC1)C(=O)O. The van der Waals surface area contributed by atoms with E-state index < -0.39 is 22.2 Å². The van der Waals surface area contributed by atoms with Crippen molar-refractivity contribution in [1.82, 2.24) is 9.44 Å². The molecule has 7 heteroatoms. The highest BCUT2D eigenvalue weighted by Crippen LogP contribution is 2.18. The standard InChI is InChI=1S/C11H22N2O4S/c1-8(2)7-10(11(14)15)13-18(16,17)12-9-5-3-4-6-9/h8-10,12-13H,3-7H2,1-2H3,(H,14,15)/t10-/m0/s1. The molecule has 106 valence electrons. The summed E-state index contributed by atoms with van der Waals surface area (Å²) < 4.78 is 28.3. The van der Waals surface area contributed by atoms with Crippen LogP contribution in [0.3, 0.4) is 0 Å². The highest BCUT2D eigenvalue weighted by Gasteiger charge is 2.27. The van der Waals surface area contributed by atoms with Crippen LogP contribution in [0.4, 0.5) is 0 Å². The number of aliphatic carboxylic acids is 1. The summed E-state index contributed by atoms with van der Waals surface area (Å²) in [4.78, 5) is 11.0. The molecule has 1 aliphatic rings. The van der Waals surface area contributed by atoms with E-state index in [1.807, 2.05) is 13.8 Å². The Bertz CT molecular complexity index is 375. The Morgan fingerprint density at radius 1 is 1.33 bits per heavy atom. The van der Waals surface area contributed by atoms with Crippen LogP contribution in [0, 0.1) is 5.92 Å². The fraction of sp³-hybridized carbons (Fsp3) is 0.909. The molecule has 1 fully saturated rings. The van der Waals surface area contributed by atoms with Gasteiger partial charge in [-0.2, -0.15) is 17.9 Å². The summed E-state index contributed by atoms with van der Waals surface area (Å²) in [6.07, 6.45) is 3.95. The van der Waals surface area contributed by atoms with E-state index in [0.29, 0.717) is 0 Å². The third-order valence-electron chi connectivity index (χ3n) is 2.98. The van der Waals surface area contributed by atoms with E-state index in [4.69, 9.17) is 5.11 Å². The smallest absolute Gasteiger partial charge is 0.321 e. The molecule has 0 aliphatic heterocycles. The third kappa shape index (κ3) is 5.32. The van der Waals surface area contributed by atoms with Crippen LogP contribution in [0.5, 0.6) is 0 Å². The number of carboxylic acid groups (broad SMARTS) is 1. The van der Waals surface area contributed by atoms with Gasteiger partial charge in [0.25, 0.3) is 10.2 Å². The van der Waals surface area contributed by atoms with E-state index in [-0.39, 0.29) is 18.4 Å². The maximum atomic E-state index is 11.8. The number of hydrogen-bond acceptors (Lipinski definition) is 3. The van der Waals surface area contributed by atoms with Gasteiger partial charge in [-0.25, -0.2) is 0 Å². The first-order valence-corrected chi connectivity index (χ1v) is 7.81. The van der Waals surface area contributed by atoms with Gasteiger partial charge < -0.3 is 5.11 Å². The molecular formula is C11H22N2O4S. The Morgan fingerprint density at radius 2 is 1.89 bits per heavy atom. The zero-order valence-electron chi connectivity index (χ0n) is 10.8. The van der Waals surface area contributed by atoms with Gasteiger partial charge >= 0.3 is 5.97 Å². The fourth-order valence-corrected chi connectivity index (χ4v) is 3.47. The van der Waals surface area contributed by atoms with Gasteiger partial charge in [0.2, 0.25) is 0 Å². The molecule has 6 nitrogen and oxygen atoms in total. The molecule has 0 spiro atoms. The van der Waals surface area contributed by atoms with Crippen molar-refractivity contribution in [1.29, 1.82) is 0 Å². The fourth-order valence-electron chi connectivity index (χ4n) is 2.16. The molecule has 0 aromatic rings. The lowest BCUT2D eigenvalue weighted by Gasteiger charge is -2.19. The third-order valence-corrected chi connectivity index (χ3v) is 4.22. The first-order valence-electron chi connectivity index (χ1n) is 6.32. The van der Waals surface area contributed by atoms with Crippen LogP contribution in [-0.2, 0) is 15.0 Å². The number of carboxylic acids is 1. The molecule has 1 aliphatic carbocycles. The second-order valence-electron chi connectivity index (χ2n) is 5.24. The zero-order valence-corrected chi connectivity index (χ0v) is 11.7. The average Bonchev–Trinajstić information content (AvgIpc) is 2.67. The number of carbonyl (C=O) groups is 1. The van der Waals surface area contributed by atoms with Crippen molar-refractivity contribution in [3.63, 3.8) is 0 Å². The molecule has 0 heterocycles.